The van der Waals surface area contributed by atoms with Crippen LogP contribution in [0.15, 0.2) is 34.9 Å². The van der Waals surface area contributed by atoms with E-state index >= 15 is 0 Å². The first-order chi connectivity index (χ1) is 14.2. The van der Waals surface area contributed by atoms with Gasteiger partial charge in [-0.1, -0.05) is 0 Å². The summed E-state index contributed by atoms with van der Waals surface area (Å²) in [5.74, 6) is 2.63. The second kappa shape index (κ2) is 9.07. The second-order valence-electron chi connectivity index (χ2n) is 7.71. The maximum Gasteiger partial charge on any atom is 0.220 e. The number of furan rings is 1. The molecule has 1 amide bonds. The fourth-order valence-corrected chi connectivity index (χ4v) is 3.73. The van der Waals surface area contributed by atoms with Gasteiger partial charge in [-0.25, -0.2) is 0 Å². The molecular formula is C21H28N6O2. The van der Waals surface area contributed by atoms with Gasteiger partial charge in [0.15, 0.2) is 11.5 Å². The third kappa shape index (κ3) is 4.93. The van der Waals surface area contributed by atoms with Gasteiger partial charge in [0.25, 0.3) is 0 Å². The Labute approximate surface area is 170 Å². The maximum absolute atomic E-state index is 12.3. The zero-order chi connectivity index (χ0) is 20.1. The fraction of sp³-hybridized carbons (Fsp3) is 0.524. The number of aryl methyl sites for hydroxylation is 2. The van der Waals surface area contributed by atoms with Crippen LogP contribution in [-0.2, 0) is 17.6 Å². The number of hydrogen-bond donors (Lipinski definition) is 1. The van der Waals surface area contributed by atoms with Crippen molar-refractivity contribution in [3.63, 3.8) is 0 Å². The summed E-state index contributed by atoms with van der Waals surface area (Å²) in [7, 11) is 0. The van der Waals surface area contributed by atoms with Gasteiger partial charge in [0.1, 0.15) is 11.6 Å². The molecule has 3 aromatic heterocycles. The Bertz CT molecular complexity index is 930. The highest BCUT2D eigenvalue weighted by Gasteiger charge is 2.16. The van der Waals surface area contributed by atoms with Crippen LogP contribution >= 0.6 is 0 Å². The Morgan fingerprint density at radius 3 is 2.83 bits per heavy atom. The van der Waals surface area contributed by atoms with Crippen molar-refractivity contribution in [3.05, 3.63) is 42.1 Å². The summed E-state index contributed by atoms with van der Waals surface area (Å²) in [6.07, 6.45) is 7.88. The van der Waals surface area contributed by atoms with Gasteiger partial charge in [-0.05, 0) is 56.9 Å². The summed E-state index contributed by atoms with van der Waals surface area (Å²) in [4.78, 5) is 14.6. The van der Waals surface area contributed by atoms with Gasteiger partial charge in [0, 0.05) is 38.4 Å². The minimum Gasteiger partial charge on any atom is -0.469 e. The lowest BCUT2D eigenvalue weighted by Gasteiger charge is -2.27. The number of nitrogens with one attached hydrogen (secondary N) is 1. The molecule has 0 aromatic carbocycles. The van der Waals surface area contributed by atoms with Crippen molar-refractivity contribution in [2.45, 2.75) is 57.9 Å². The van der Waals surface area contributed by atoms with E-state index in [0.717, 1.165) is 43.3 Å². The highest BCUT2D eigenvalue weighted by Crippen LogP contribution is 2.18. The molecule has 154 valence electrons. The molecule has 1 N–H and O–H groups in total. The number of carbonyl (C=O) groups is 1. The normalized spacial score (nSPS) is 15.6. The van der Waals surface area contributed by atoms with Crippen molar-refractivity contribution in [1.82, 2.24) is 25.1 Å². The van der Waals surface area contributed by atoms with Crippen molar-refractivity contribution in [1.29, 1.82) is 0 Å². The molecule has 8 heteroatoms. The topological polar surface area (TPSA) is 88.6 Å². The lowest BCUT2D eigenvalue weighted by molar-refractivity contribution is -0.121. The molecule has 4 heterocycles. The van der Waals surface area contributed by atoms with Gasteiger partial charge in [0.2, 0.25) is 5.91 Å². The molecule has 8 nitrogen and oxygen atoms in total. The number of aromatic nitrogens is 4. The molecule has 1 aliphatic rings. The smallest absolute Gasteiger partial charge is 0.220 e. The van der Waals surface area contributed by atoms with Crippen molar-refractivity contribution >= 4 is 17.4 Å². The van der Waals surface area contributed by atoms with Crippen LogP contribution in [0.3, 0.4) is 0 Å². The second-order valence-corrected chi connectivity index (χ2v) is 7.71. The van der Waals surface area contributed by atoms with E-state index in [0.29, 0.717) is 18.5 Å². The molecule has 0 saturated carbocycles. The fourth-order valence-electron chi connectivity index (χ4n) is 3.73. The Morgan fingerprint density at radius 1 is 1.17 bits per heavy atom. The van der Waals surface area contributed by atoms with Crippen LogP contribution in [0.1, 0.15) is 50.6 Å². The van der Waals surface area contributed by atoms with Crippen LogP contribution in [0.4, 0.5) is 5.82 Å². The molecular weight excluding hydrogens is 368 g/mol. The molecule has 1 atom stereocenters. The average Bonchev–Trinajstić information content (AvgIpc) is 3.41. The van der Waals surface area contributed by atoms with E-state index in [-0.39, 0.29) is 11.9 Å². The van der Waals surface area contributed by atoms with Gasteiger partial charge in [-0.15, -0.1) is 15.3 Å². The first kappa shape index (κ1) is 19.4. The van der Waals surface area contributed by atoms with Crippen LogP contribution in [0.25, 0.3) is 5.65 Å². The summed E-state index contributed by atoms with van der Waals surface area (Å²) < 4.78 is 7.11. The third-order valence-electron chi connectivity index (χ3n) is 5.38. The van der Waals surface area contributed by atoms with Gasteiger partial charge in [-0.3, -0.25) is 4.79 Å². The molecule has 3 aromatic rings. The molecule has 0 bridgehead atoms. The highest BCUT2D eigenvalue weighted by atomic mass is 16.3. The minimum atomic E-state index is 0.0147. The number of rotatable bonds is 8. The van der Waals surface area contributed by atoms with Crippen LogP contribution in [0.2, 0.25) is 0 Å². The third-order valence-corrected chi connectivity index (χ3v) is 5.38. The Hall–Kier alpha value is -2.90. The lowest BCUT2D eigenvalue weighted by atomic mass is 10.1. The molecule has 0 spiro atoms. The van der Waals surface area contributed by atoms with Crippen molar-refractivity contribution in [2.75, 3.05) is 18.0 Å². The van der Waals surface area contributed by atoms with E-state index < -0.39 is 0 Å². The number of amides is 1. The Balaban J connectivity index is 1.32. The van der Waals surface area contributed by atoms with Gasteiger partial charge >= 0.3 is 0 Å². The average molecular weight is 396 g/mol. The first-order valence-electron chi connectivity index (χ1n) is 10.5. The van der Waals surface area contributed by atoms with E-state index in [4.69, 9.17) is 9.52 Å². The number of nitrogens with zero attached hydrogens (tertiary/aromatic N) is 5. The minimum absolute atomic E-state index is 0.0147. The molecule has 4 rings (SSSR count). The number of piperidine rings is 1. The quantitative estimate of drug-likeness (QED) is 0.630. The van der Waals surface area contributed by atoms with E-state index in [2.05, 4.69) is 20.4 Å². The van der Waals surface area contributed by atoms with Gasteiger partial charge in [-0.2, -0.15) is 4.52 Å². The van der Waals surface area contributed by atoms with Crippen molar-refractivity contribution in [2.24, 2.45) is 0 Å². The van der Waals surface area contributed by atoms with E-state index in [1.807, 2.05) is 31.2 Å². The summed E-state index contributed by atoms with van der Waals surface area (Å²) in [6.45, 7) is 4.09. The monoisotopic (exact) mass is 396 g/mol. The summed E-state index contributed by atoms with van der Waals surface area (Å²) >= 11 is 0. The zero-order valence-corrected chi connectivity index (χ0v) is 16.9. The molecule has 0 unspecified atom stereocenters. The molecule has 0 radical (unpaired) electrons. The number of carbonyl (C=O) groups excluding carboxylic acids is 1. The largest absolute Gasteiger partial charge is 0.469 e. The van der Waals surface area contributed by atoms with Gasteiger partial charge < -0.3 is 14.6 Å². The van der Waals surface area contributed by atoms with Crippen molar-refractivity contribution in [3.8, 4) is 0 Å². The summed E-state index contributed by atoms with van der Waals surface area (Å²) in [6, 6.07) is 7.88. The molecule has 1 aliphatic heterocycles. The van der Waals surface area contributed by atoms with E-state index in [1.54, 1.807) is 10.8 Å². The molecule has 29 heavy (non-hydrogen) atoms. The van der Waals surface area contributed by atoms with Crippen LogP contribution in [0, 0.1) is 0 Å². The summed E-state index contributed by atoms with van der Waals surface area (Å²) in [5.41, 5.74) is 0.716. The Kier molecular flexibility index (Phi) is 6.07. The summed E-state index contributed by atoms with van der Waals surface area (Å²) in [5, 5.41) is 16.2. The zero-order valence-electron chi connectivity index (χ0n) is 16.9. The SMILES string of the molecule is C[C@H](CCc1ccco1)NC(=O)CCc1nnc2ccc(N3CCCCC3)nn12. The molecule has 0 aliphatic carbocycles. The van der Waals surface area contributed by atoms with E-state index in [9.17, 15) is 4.79 Å². The standard InChI is InChI=1S/C21H28N6O2/c1-16(7-8-17-6-5-15-29-17)22-21(28)12-11-19-24-23-18-9-10-20(25-27(18)19)26-13-3-2-4-14-26/h5-6,9-10,15-16H,2-4,7-8,11-14H2,1H3,(H,22,28)/t16-/m1/s1. The highest BCUT2D eigenvalue weighted by molar-refractivity contribution is 5.76. The van der Waals surface area contributed by atoms with Crippen LogP contribution in [0.5, 0.6) is 0 Å². The molecule has 1 fully saturated rings. The predicted molar refractivity (Wildman–Crippen MR) is 110 cm³/mol. The number of fused-ring (bicyclic) bond motifs is 1. The predicted octanol–water partition coefficient (Wildman–Crippen LogP) is 2.78. The van der Waals surface area contributed by atoms with E-state index in [1.165, 1.54) is 19.3 Å². The lowest BCUT2D eigenvalue weighted by Crippen LogP contribution is -2.33. The number of anilines is 1. The van der Waals surface area contributed by atoms with Crippen LogP contribution in [-0.4, -0.2) is 44.8 Å². The van der Waals surface area contributed by atoms with Gasteiger partial charge in [0.05, 0.1) is 6.26 Å². The Morgan fingerprint density at radius 2 is 2.03 bits per heavy atom. The van der Waals surface area contributed by atoms with Crippen molar-refractivity contribution < 1.29 is 9.21 Å². The first-order valence-corrected chi connectivity index (χ1v) is 10.5. The van der Waals surface area contributed by atoms with Crippen LogP contribution < -0.4 is 10.2 Å². The number of hydrogen-bond acceptors (Lipinski definition) is 6. The molecule has 1 saturated heterocycles. The maximum atomic E-state index is 12.3.